The van der Waals surface area contributed by atoms with Gasteiger partial charge >= 0.3 is 0 Å². The quantitative estimate of drug-likeness (QED) is 0.636. The van der Waals surface area contributed by atoms with E-state index in [1.54, 1.807) is 11.8 Å². The molecule has 0 aliphatic carbocycles. The molecule has 0 amide bonds. The Balaban J connectivity index is 1.78. The maximum absolute atomic E-state index is 5.91. The standard InChI is InChI=1S/C18H18ClN3O2/c1-13-3-6-15(9-18(13)24-12-23-2)17-11-22(21-20-17)10-14-4-7-16(19)8-5-14/h3-9,11H,10,12H2,1-2H3. The Kier molecular flexibility index (Phi) is 5.13. The number of hydrogen-bond acceptors (Lipinski definition) is 4. The molecule has 3 aromatic rings. The van der Waals surface area contributed by atoms with Crippen LogP contribution in [0.5, 0.6) is 5.75 Å². The number of halogens is 1. The zero-order valence-corrected chi connectivity index (χ0v) is 14.3. The van der Waals surface area contributed by atoms with Crippen LogP contribution in [0.4, 0.5) is 0 Å². The highest BCUT2D eigenvalue weighted by Crippen LogP contribution is 2.25. The fourth-order valence-electron chi connectivity index (χ4n) is 2.32. The molecule has 0 saturated carbocycles. The van der Waals surface area contributed by atoms with E-state index in [2.05, 4.69) is 10.3 Å². The van der Waals surface area contributed by atoms with E-state index in [0.717, 1.165) is 33.2 Å². The fourth-order valence-corrected chi connectivity index (χ4v) is 2.45. The first-order valence-corrected chi connectivity index (χ1v) is 7.91. The fraction of sp³-hybridized carbons (Fsp3) is 0.222. The zero-order valence-electron chi connectivity index (χ0n) is 13.6. The molecule has 0 spiro atoms. The lowest BCUT2D eigenvalue weighted by Crippen LogP contribution is -2.00. The molecule has 6 heteroatoms. The molecule has 0 N–H and O–H groups in total. The van der Waals surface area contributed by atoms with Crippen molar-refractivity contribution in [3.05, 3.63) is 64.8 Å². The van der Waals surface area contributed by atoms with Crippen LogP contribution >= 0.6 is 11.6 Å². The Bertz CT molecular complexity index is 815. The molecule has 3 rings (SSSR count). The van der Waals surface area contributed by atoms with E-state index in [9.17, 15) is 0 Å². The van der Waals surface area contributed by atoms with Crippen molar-refractivity contribution in [3.8, 4) is 17.0 Å². The maximum atomic E-state index is 5.91. The number of methoxy groups -OCH3 is 1. The Morgan fingerprint density at radius 1 is 1.12 bits per heavy atom. The van der Waals surface area contributed by atoms with Crippen molar-refractivity contribution in [2.24, 2.45) is 0 Å². The molecular formula is C18H18ClN3O2. The molecule has 0 aliphatic heterocycles. The number of rotatable bonds is 6. The molecule has 0 aliphatic rings. The van der Waals surface area contributed by atoms with Crippen molar-refractivity contribution in [1.82, 2.24) is 15.0 Å². The van der Waals surface area contributed by atoms with E-state index in [1.807, 2.05) is 55.6 Å². The number of nitrogens with zero attached hydrogens (tertiary/aromatic N) is 3. The largest absolute Gasteiger partial charge is 0.467 e. The van der Waals surface area contributed by atoms with Gasteiger partial charge in [0.2, 0.25) is 0 Å². The van der Waals surface area contributed by atoms with E-state index in [-0.39, 0.29) is 6.79 Å². The highest BCUT2D eigenvalue weighted by molar-refractivity contribution is 6.30. The SMILES string of the molecule is COCOc1cc(-c2cn(Cc3ccc(Cl)cc3)nn2)ccc1C. The van der Waals surface area contributed by atoms with E-state index in [1.165, 1.54) is 0 Å². The van der Waals surface area contributed by atoms with E-state index in [4.69, 9.17) is 21.1 Å². The van der Waals surface area contributed by atoms with Gasteiger partial charge in [-0.15, -0.1) is 5.10 Å². The molecule has 0 unspecified atom stereocenters. The molecule has 2 aromatic carbocycles. The summed E-state index contributed by atoms with van der Waals surface area (Å²) in [5.41, 5.74) is 3.91. The van der Waals surface area contributed by atoms with Crippen LogP contribution in [0.15, 0.2) is 48.7 Å². The molecule has 0 fully saturated rings. The summed E-state index contributed by atoms with van der Waals surface area (Å²) < 4.78 is 12.3. The molecule has 0 atom stereocenters. The molecular weight excluding hydrogens is 326 g/mol. The first-order valence-electron chi connectivity index (χ1n) is 7.53. The van der Waals surface area contributed by atoms with Crippen LogP contribution in [0, 0.1) is 6.92 Å². The van der Waals surface area contributed by atoms with Crippen LogP contribution in [0.3, 0.4) is 0 Å². The lowest BCUT2D eigenvalue weighted by Gasteiger charge is -2.09. The van der Waals surface area contributed by atoms with Crippen molar-refractivity contribution in [2.75, 3.05) is 13.9 Å². The van der Waals surface area contributed by atoms with Gasteiger partial charge in [-0.25, -0.2) is 4.68 Å². The first kappa shape index (κ1) is 16.5. The van der Waals surface area contributed by atoms with Crippen LogP contribution in [0.2, 0.25) is 5.02 Å². The molecule has 24 heavy (non-hydrogen) atoms. The highest BCUT2D eigenvalue weighted by Gasteiger charge is 2.08. The minimum absolute atomic E-state index is 0.216. The number of hydrogen-bond donors (Lipinski definition) is 0. The van der Waals surface area contributed by atoms with Gasteiger partial charge in [-0.2, -0.15) is 0 Å². The number of benzene rings is 2. The van der Waals surface area contributed by atoms with Crippen LogP contribution < -0.4 is 4.74 Å². The van der Waals surface area contributed by atoms with Crippen molar-refractivity contribution in [2.45, 2.75) is 13.5 Å². The number of aromatic nitrogens is 3. The third-order valence-corrected chi connectivity index (χ3v) is 3.86. The third-order valence-electron chi connectivity index (χ3n) is 3.61. The smallest absolute Gasteiger partial charge is 0.188 e. The van der Waals surface area contributed by atoms with Gasteiger partial charge in [0.15, 0.2) is 6.79 Å². The second-order valence-electron chi connectivity index (χ2n) is 5.46. The number of ether oxygens (including phenoxy) is 2. The van der Waals surface area contributed by atoms with Gasteiger partial charge in [0.25, 0.3) is 0 Å². The van der Waals surface area contributed by atoms with E-state index >= 15 is 0 Å². The highest BCUT2D eigenvalue weighted by atomic mass is 35.5. The van der Waals surface area contributed by atoms with Gasteiger partial charge in [-0.05, 0) is 36.2 Å². The lowest BCUT2D eigenvalue weighted by atomic mass is 10.1. The Labute approximate surface area is 145 Å². The summed E-state index contributed by atoms with van der Waals surface area (Å²) >= 11 is 5.91. The van der Waals surface area contributed by atoms with Crippen LogP contribution in [-0.4, -0.2) is 28.9 Å². The molecule has 1 aromatic heterocycles. The molecule has 124 valence electrons. The van der Waals surface area contributed by atoms with Gasteiger partial charge in [0.05, 0.1) is 12.7 Å². The summed E-state index contributed by atoms with van der Waals surface area (Å²) in [5.74, 6) is 0.779. The second-order valence-corrected chi connectivity index (χ2v) is 5.90. The molecule has 0 saturated heterocycles. The first-order chi connectivity index (χ1) is 11.7. The molecule has 0 radical (unpaired) electrons. The predicted octanol–water partition coefficient (Wildman–Crippen LogP) is 3.94. The predicted molar refractivity (Wildman–Crippen MR) is 93.3 cm³/mol. The molecule has 0 bridgehead atoms. The molecule has 5 nitrogen and oxygen atoms in total. The van der Waals surface area contributed by atoms with Gasteiger partial charge in [0, 0.05) is 17.7 Å². The van der Waals surface area contributed by atoms with Gasteiger partial charge in [0.1, 0.15) is 11.4 Å². The van der Waals surface area contributed by atoms with Crippen molar-refractivity contribution >= 4 is 11.6 Å². The summed E-state index contributed by atoms with van der Waals surface area (Å²) in [6, 6.07) is 13.6. The summed E-state index contributed by atoms with van der Waals surface area (Å²) in [6.07, 6.45) is 1.92. The molecule has 1 heterocycles. The Hall–Kier alpha value is -2.37. The van der Waals surface area contributed by atoms with Crippen molar-refractivity contribution in [3.63, 3.8) is 0 Å². The maximum Gasteiger partial charge on any atom is 0.188 e. The van der Waals surface area contributed by atoms with Crippen LogP contribution in [-0.2, 0) is 11.3 Å². The van der Waals surface area contributed by atoms with E-state index < -0.39 is 0 Å². The topological polar surface area (TPSA) is 49.2 Å². The minimum atomic E-state index is 0.216. The van der Waals surface area contributed by atoms with Gasteiger partial charge in [-0.1, -0.05) is 41.1 Å². The average Bonchev–Trinajstić information content (AvgIpc) is 3.05. The van der Waals surface area contributed by atoms with Crippen LogP contribution in [0.25, 0.3) is 11.3 Å². The van der Waals surface area contributed by atoms with Crippen molar-refractivity contribution < 1.29 is 9.47 Å². The third kappa shape index (κ3) is 3.93. The average molecular weight is 344 g/mol. The van der Waals surface area contributed by atoms with E-state index in [0.29, 0.717) is 6.54 Å². The summed E-state index contributed by atoms with van der Waals surface area (Å²) in [4.78, 5) is 0. The summed E-state index contributed by atoms with van der Waals surface area (Å²) in [7, 11) is 1.60. The normalized spacial score (nSPS) is 10.8. The summed E-state index contributed by atoms with van der Waals surface area (Å²) in [5, 5.41) is 9.17. The Morgan fingerprint density at radius 2 is 1.92 bits per heavy atom. The minimum Gasteiger partial charge on any atom is -0.467 e. The van der Waals surface area contributed by atoms with Crippen LogP contribution in [0.1, 0.15) is 11.1 Å². The second kappa shape index (κ2) is 7.47. The monoisotopic (exact) mass is 343 g/mol. The Morgan fingerprint density at radius 3 is 2.67 bits per heavy atom. The van der Waals surface area contributed by atoms with Gasteiger partial charge < -0.3 is 9.47 Å². The lowest BCUT2D eigenvalue weighted by molar-refractivity contribution is 0.0507. The van der Waals surface area contributed by atoms with Gasteiger partial charge in [-0.3, -0.25) is 0 Å². The van der Waals surface area contributed by atoms with Crippen molar-refractivity contribution in [1.29, 1.82) is 0 Å². The number of aryl methyl sites for hydroxylation is 1. The zero-order chi connectivity index (χ0) is 16.9. The summed E-state index contributed by atoms with van der Waals surface area (Å²) in [6.45, 7) is 2.85.